The summed E-state index contributed by atoms with van der Waals surface area (Å²) in [6.45, 7) is 16.6. The Morgan fingerprint density at radius 3 is 2.26 bits per heavy atom. The summed E-state index contributed by atoms with van der Waals surface area (Å²) in [7, 11) is 0. The summed E-state index contributed by atoms with van der Waals surface area (Å²) in [6, 6.07) is 3.65. The fourth-order valence-corrected chi connectivity index (χ4v) is 4.11. The van der Waals surface area contributed by atoms with Gasteiger partial charge in [-0.3, -0.25) is 4.79 Å². The van der Waals surface area contributed by atoms with E-state index in [4.69, 9.17) is 14.2 Å². The molecule has 0 aromatic heterocycles. The fourth-order valence-electron chi connectivity index (χ4n) is 4.11. The molecule has 1 atom stereocenters. The van der Waals surface area contributed by atoms with E-state index in [1.165, 1.54) is 0 Å². The van der Waals surface area contributed by atoms with Gasteiger partial charge in [0.05, 0.1) is 37.8 Å². The standard InChI is InChI=1S/C23H38N4O4/c1-5-25-8-10-27(11-9-25)23(28)18(4)24-19-16-22(31-7-3)20(17-21(19)30-6-2)26-12-14-29-15-13-26/h16-18,24H,5-15H2,1-4H3/t18-/m1/s1. The van der Waals surface area contributed by atoms with Crippen LogP contribution in [0.4, 0.5) is 11.4 Å². The van der Waals surface area contributed by atoms with Gasteiger partial charge in [-0.1, -0.05) is 6.92 Å². The predicted molar refractivity (Wildman–Crippen MR) is 124 cm³/mol. The predicted octanol–water partition coefficient (Wildman–Crippen LogP) is 2.29. The van der Waals surface area contributed by atoms with Crippen molar-refractivity contribution in [2.24, 2.45) is 0 Å². The van der Waals surface area contributed by atoms with E-state index in [0.29, 0.717) is 26.4 Å². The van der Waals surface area contributed by atoms with Crippen molar-refractivity contribution in [2.45, 2.75) is 33.7 Å². The largest absolute Gasteiger partial charge is 0.492 e. The molecule has 0 spiro atoms. The van der Waals surface area contributed by atoms with Crippen molar-refractivity contribution in [3.8, 4) is 11.5 Å². The average Bonchev–Trinajstić information content (AvgIpc) is 2.81. The number of hydrogen-bond acceptors (Lipinski definition) is 7. The first-order valence-electron chi connectivity index (χ1n) is 11.6. The first kappa shape index (κ1) is 23.5. The van der Waals surface area contributed by atoms with Crippen LogP contribution in [0.3, 0.4) is 0 Å². The van der Waals surface area contributed by atoms with Gasteiger partial charge in [0.1, 0.15) is 17.5 Å². The summed E-state index contributed by atoms with van der Waals surface area (Å²) in [5.41, 5.74) is 1.80. The average molecular weight is 435 g/mol. The van der Waals surface area contributed by atoms with E-state index >= 15 is 0 Å². The molecule has 31 heavy (non-hydrogen) atoms. The van der Waals surface area contributed by atoms with E-state index in [2.05, 4.69) is 22.0 Å². The Balaban J connectivity index is 1.78. The van der Waals surface area contributed by atoms with Crippen LogP contribution in [0.25, 0.3) is 0 Å². The zero-order chi connectivity index (χ0) is 22.2. The number of morpholine rings is 1. The summed E-state index contributed by atoms with van der Waals surface area (Å²) in [4.78, 5) is 19.6. The smallest absolute Gasteiger partial charge is 0.244 e. The minimum atomic E-state index is -0.351. The molecule has 1 N–H and O–H groups in total. The molecule has 1 amide bonds. The van der Waals surface area contributed by atoms with Crippen LogP contribution in [0.15, 0.2) is 12.1 Å². The lowest BCUT2D eigenvalue weighted by molar-refractivity contribution is -0.133. The topological polar surface area (TPSA) is 66.5 Å². The molecule has 1 aromatic rings. The number of likely N-dealkylation sites (N-methyl/N-ethyl adjacent to an activating group) is 1. The number of ether oxygens (including phenoxy) is 3. The number of nitrogens with one attached hydrogen (secondary N) is 1. The Bertz CT molecular complexity index is 716. The molecule has 8 heteroatoms. The summed E-state index contributed by atoms with van der Waals surface area (Å²) in [5, 5.41) is 3.39. The number of rotatable bonds is 9. The number of benzene rings is 1. The van der Waals surface area contributed by atoms with Gasteiger partial charge in [-0.2, -0.15) is 0 Å². The van der Waals surface area contributed by atoms with E-state index in [-0.39, 0.29) is 11.9 Å². The van der Waals surface area contributed by atoms with Gasteiger partial charge in [-0.15, -0.1) is 0 Å². The highest BCUT2D eigenvalue weighted by Crippen LogP contribution is 2.39. The zero-order valence-corrected chi connectivity index (χ0v) is 19.5. The Kier molecular flexibility index (Phi) is 8.66. The van der Waals surface area contributed by atoms with Gasteiger partial charge < -0.3 is 34.2 Å². The third kappa shape index (κ3) is 5.95. The van der Waals surface area contributed by atoms with Crippen molar-refractivity contribution < 1.29 is 19.0 Å². The molecule has 2 fully saturated rings. The normalized spacial score (nSPS) is 18.6. The maximum atomic E-state index is 13.0. The summed E-state index contributed by atoms with van der Waals surface area (Å²) in [6.07, 6.45) is 0. The minimum Gasteiger partial charge on any atom is -0.492 e. The number of carbonyl (C=O) groups excluding carboxylic acids is 1. The van der Waals surface area contributed by atoms with Crippen LogP contribution in [-0.2, 0) is 9.53 Å². The lowest BCUT2D eigenvalue weighted by Crippen LogP contribution is -2.52. The molecule has 8 nitrogen and oxygen atoms in total. The van der Waals surface area contributed by atoms with Gasteiger partial charge >= 0.3 is 0 Å². The molecule has 174 valence electrons. The molecule has 2 saturated heterocycles. The number of carbonyl (C=O) groups is 1. The zero-order valence-electron chi connectivity index (χ0n) is 19.5. The van der Waals surface area contributed by atoms with Gasteiger partial charge in [0, 0.05) is 51.4 Å². The lowest BCUT2D eigenvalue weighted by Gasteiger charge is -2.35. The molecule has 0 aliphatic carbocycles. The van der Waals surface area contributed by atoms with Crippen LogP contribution in [0.2, 0.25) is 0 Å². The summed E-state index contributed by atoms with van der Waals surface area (Å²) in [5.74, 6) is 1.66. The second kappa shape index (κ2) is 11.4. The first-order valence-corrected chi connectivity index (χ1v) is 11.6. The minimum absolute atomic E-state index is 0.119. The molecular formula is C23H38N4O4. The molecule has 0 saturated carbocycles. The van der Waals surface area contributed by atoms with Crippen LogP contribution in [-0.4, -0.2) is 94.0 Å². The third-order valence-electron chi connectivity index (χ3n) is 5.89. The molecular weight excluding hydrogens is 396 g/mol. The van der Waals surface area contributed by atoms with Crippen LogP contribution in [0.1, 0.15) is 27.7 Å². The highest BCUT2D eigenvalue weighted by Gasteiger charge is 2.26. The number of hydrogen-bond donors (Lipinski definition) is 1. The van der Waals surface area contributed by atoms with Crippen LogP contribution in [0, 0.1) is 0 Å². The number of anilines is 2. The van der Waals surface area contributed by atoms with Crippen molar-refractivity contribution in [3.05, 3.63) is 12.1 Å². The van der Waals surface area contributed by atoms with Crippen LogP contribution < -0.4 is 19.7 Å². The van der Waals surface area contributed by atoms with E-state index in [0.717, 1.165) is 68.7 Å². The maximum Gasteiger partial charge on any atom is 0.244 e. The SMILES string of the molecule is CCOc1cc(N2CCOCC2)c(OCC)cc1N[C@H](C)C(=O)N1CCN(CC)CC1. The Hall–Kier alpha value is -2.19. The van der Waals surface area contributed by atoms with Crippen LogP contribution in [0.5, 0.6) is 11.5 Å². The molecule has 1 aromatic carbocycles. The number of nitrogens with zero attached hydrogens (tertiary/aromatic N) is 3. The molecule has 2 aliphatic heterocycles. The quantitative estimate of drug-likeness (QED) is 0.640. The van der Waals surface area contributed by atoms with Gasteiger partial charge in [-0.05, 0) is 27.3 Å². The highest BCUT2D eigenvalue weighted by molar-refractivity contribution is 5.85. The van der Waals surface area contributed by atoms with Crippen molar-refractivity contribution in [1.29, 1.82) is 0 Å². The van der Waals surface area contributed by atoms with E-state index in [9.17, 15) is 4.79 Å². The molecule has 0 bridgehead atoms. The van der Waals surface area contributed by atoms with Crippen molar-refractivity contribution in [3.63, 3.8) is 0 Å². The Labute approximate surface area is 186 Å². The second-order valence-electron chi connectivity index (χ2n) is 7.91. The van der Waals surface area contributed by atoms with E-state index in [1.54, 1.807) is 0 Å². The molecule has 0 unspecified atom stereocenters. The monoisotopic (exact) mass is 434 g/mol. The Morgan fingerprint density at radius 1 is 1.00 bits per heavy atom. The Morgan fingerprint density at radius 2 is 1.65 bits per heavy atom. The molecule has 2 aliphatic rings. The first-order chi connectivity index (χ1) is 15.1. The van der Waals surface area contributed by atoms with Gasteiger partial charge in [-0.25, -0.2) is 0 Å². The van der Waals surface area contributed by atoms with Crippen molar-refractivity contribution >= 4 is 17.3 Å². The van der Waals surface area contributed by atoms with Crippen LogP contribution >= 0.6 is 0 Å². The number of amides is 1. The second-order valence-corrected chi connectivity index (χ2v) is 7.91. The van der Waals surface area contributed by atoms with Gasteiger partial charge in [0.2, 0.25) is 5.91 Å². The van der Waals surface area contributed by atoms with Crippen molar-refractivity contribution in [1.82, 2.24) is 9.80 Å². The summed E-state index contributed by atoms with van der Waals surface area (Å²) < 4.78 is 17.4. The van der Waals surface area contributed by atoms with E-state index < -0.39 is 0 Å². The van der Waals surface area contributed by atoms with Crippen molar-refractivity contribution in [2.75, 3.05) is 82.5 Å². The maximum absolute atomic E-state index is 13.0. The molecule has 3 rings (SSSR count). The van der Waals surface area contributed by atoms with Gasteiger partial charge in [0.15, 0.2) is 0 Å². The molecule has 2 heterocycles. The third-order valence-corrected chi connectivity index (χ3v) is 5.89. The fraction of sp³-hybridized carbons (Fsp3) is 0.696. The highest BCUT2D eigenvalue weighted by atomic mass is 16.5. The number of piperazine rings is 1. The summed E-state index contributed by atoms with van der Waals surface area (Å²) >= 11 is 0. The lowest BCUT2D eigenvalue weighted by atomic mass is 10.1. The van der Waals surface area contributed by atoms with Gasteiger partial charge in [0.25, 0.3) is 0 Å². The molecule has 0 radical (unpaired) electrons. The van der Waals surface area contributed by atoms with E-state index in [1.807, 2.05) is 37.8 Å².